The molecule has 0 fully saturated rings. The van der Waals surface area contributed by atoms with Crippen LogP contribution in [0.25, 0.3) is 10.9 Å². The molecule has 156 valence electrons. The number of aliphatic imine (C=N–C) groups is 1. The molecule has 0 spiro atoms. The number of H-pyrrole nitrogens is 1. The molecule has 4 aromatic rings. The smallest absolute Gasteiger partial charge is 0.226 e. The quantitative estimate of drug-likeness (QED) is 0.419. The van der Waals surface area contributed by atoms with Gasteiger partial charge >= 0.3 is 0 Å². The van der Waals surface area contributed by atoms with Crippen LogP contribution in [0.4, 0.5) is 5.69 Å². The van der Waals surface area contributed by atoms with Crippen molar-refractivity contribution in [3.8, 4) is 5.88 Å². The summed E-state index contributed by atoms with van der Waals surface area (Å²) in [6.45, 7) is 0. The first kappa shape index (κ1) is 20.7. The van der Waals surface area contributed by atoms with E-state index in [4.69, 9.17) is 16.6 Å². The third kappa shape index (κ3) is 4.47. The molecule has 3 aromatic carbocycles. The summed E-state index contributed by atoms with van der Waals surface area (Å²) >= 11 is 6.12. The van der Waals surface area contributed by atoms with Crippen molar-refractivity contribution >= 4 is 39.8 Å². The molecule has 0 saturated carbocycles. The number of halogens is 1. The molecule has 0 unspecified atom stereocenters. The maximum atomic E-state index is 12.0. The van der Waals surface area contributed by atoms with Gasteiger partial charge in [-0.1, -0.05) is 60.1 Å². The van der Waals surface area contributed by atoms with Crippen LogP contribution in [-0.2, 0) is 11.2 Å². The van der Waals surface area contributed by atoms with Gasteiger partial charge in [0.15, 0.2) is 5.88 Å². The highest BCUT2D eigenvalue weighted by molar-refractivity contribution is 6.31. The third-order valence-corrected chi connectivity index (χ3v) is 5.29. The molecular formula is C25H22ClN3O2. The Labute approximate surface area is 185 Å². The highest BCUT2D eigenvalue weighted by atomic mass is 35.5. The Kier molecular flexibility index (Phi) is 5.78. The molecule has 5 nitrogen and oxygen atoms in total. The first-order valence-electron chi connectivity index (χ1n) is 9.86. The molecule has 0 aliphatic carbocycles. The molecule has 1 aromatic heterocycles. The van der Waals surface area contributed by atoms with Crippen LogP contribution in [-0.4, -0.2) is 40.7 Å². The van der Waals surface area contributed by atoms with Crippen LogP contribution < -0.4 is 0 Å². The molecule has 31 heavy (non-hydrogen) atoms. The van der Waals surface area contributed by atoms with Crippen molar-refractivity contribution in [2.24, 2.45) is 4.99 Å². The Hall–Kier alpha value is -3.57. The Morgan fingerprint density at radius 3 is 2.42 bits per heavy atom. The van der Waals surface area contributed by atoms with Crippen molar-refractivity contribution in [3.63, 3.8) is 0 Å². The fraction of sp³-hybridized carbons (Fsp3) is 0.120. The van der Waals surface area contributed by atoms with Crippen LogP contribution in [0.5, 0.6) is 5.88 Å². The van der Waals surface area contributed by atoms with Gasteiger partial charge in [-0.15, -0.1) is 0 Å². The van der Waals surface area contributed by atoms with E-state index in [0.717, 1.165) is 27.7 Å². The molecule has 6 heteroatoms. The van der Waals surface area contributed by atoms with Crippen molar-refractivity contribution in [2.75, 3.05) is 14.1 Å². The lowest BCUT2D eigenvalue weighted by molar-refractivity contribution is -0.127. The second kappa shape index (κ2) is 8.66. The molecule has 0 saturated heterocycles. The topological polar surface area (TPSA) is 68.7 Å². The lowest BCUT2D eigenvalue weighted by Crippen LogP contribution is -2.23. The summed E-state index contributed by atoms with van der Waals surface area (Å²) in [5.41, 5.74) is 4.52. The second-order valence-electron chi connectivity index (χ2n) is 7.50. The molecule has 0 bridgehead atoms. The zero-order valence-electron chi connectivity index (χ0n) is 17.3. The summed E-state index contributed by atoms with van der Waals surface area (Å²) in [6, 6.07) is 22.7. The lowest BCUT2D eigenvalue weighted by atomic mass is 10.0. The predicted octanol–water partition coefficient (Wildman–Crippen LogP) is 5.33. The van der Waals surface area contributed by atoms with E-state index >= 15 is 0 Å². The molecular weight excluding hydrogens is 410 g/mol. The number of aromatic amines is 1. The van der Waals surface area contributed by atoms with Gasteiger partial charge in [-0.25, -0.2) is 4.99 Å². The number of fused-ring (bicyclic) bond motifs is 1. The molecule has 2 N–H and O–H groups in total. The molecule has 1 heterocycles. The third-order valence-electron chi connectivity index (χ3n) is 5.06. The van der Waals surface area contributed by atoms with E-state index in [2.05, 4.69) is 4.98 Å². The number of aromatic hydroxyl groups is 1. The number of hydrogen-bond acceptors (Lipinski definition) is 3. The van der Waals surface area contributed by atoms with Crippen LogP contribution >= 0.6 is 11.6 Å². The van der Waals surface area contributed by atoms with Gasteiger partial charge in [0.2, 0.25) is 5.91 Å². The standard InChI is InChI=1S/C25H22ClN3O2/c1-29(2)22(30)14-16-8-11-19(12-9-16)27-24(17-6-4-3-5-7-17)23-20-13-10-18(26)15-21(20)28-25(23)31/h3-13,15,28,31H,14H2,1-2H3. The summed E-state index contributed by atoms with van der Waals surface area (Å²) in [6.07, 6.45) is 0.340. The molecule has 0 radical (unpaired) electrons. The lowest BCUT2D eigenvalue weighted by Gasteiger charge is -2.10. The number of likely N-dealkylation sites (N-methyl/N-ethyl adjacent to an activating group) is 1. The van der Waals surface area contributed by atoms with Gasteiger partial charge in [0.25, 0.3) is 0 Å². The zero-order chi connectivity index (χ0) is 22.0. The van der Waals surface area contributed by atoms with E-state index in [0.29, 0.717) is 22.7 Å². The summed E-state index contributed by atoms with van der Waals surface area (Å²) in [7, 11) is 3.49. The number of amides is 1. The number of benzene rings is 3. The SMILES string of the molecule is CN(C)C(=O)Cc1ccc(N=C(c2ccccc2)c2c(O)[nH]c3cc(Cl)ccc23)cc1. The van der Waals surface area contributed by atoms with E-state index in [1.165, 1.54) is 0 Å². The van der Waals surface area contributed by atoms with Crippen molar-refractivity contribution in [1.82, 2.24) is 9.88 Å². The molecule has 0 aliphatic heterocycles. The van der Waals surface area contributed by atoms with Crippen molar-refractivity contribution in [3.05, 3.63) is 94.5 Å². The van der Waals surface area contributed by atoms with Gasteiger partial charge < -0.3 is 15.0 Å². The number of nitrogens with zero attached hydrogens (tertiary/aromatic N) is 2. The minimum absolute atomic E-state index is 0.0352. The van der Waals surface area contributed by atoms with Crippen molar-refractivity contribution in [1.29, 1.82) is 0 Å². The normalized spacial score (nSPS) is 11.6. The summed E-state index contributed by atoms with van der Waals surface area (Å²) in [5, 5.41) is 12.1. The molecule has 0 atom stereocenters. The number of aromatic nitrogens is 1. The highest BCUT2D eigenvalue weighted by Gasteiger charge is 2.18. The fourth-order valence-corrected chi connectivity index (χ4v) is 3.58. The number of rotatable bonds is 5. The number of carbonyl (C=O) groups is 1. The number of hydrogen-bond donors (Lipinski definition) is 2. The fourth-order valence-electron chi connectivity index (χ4n) is 3.41. The summed E-state index contributed by atoms with van der Waals surface area (Å²) < 4.78 is 0. The van der Waals surface area contributed by atoms with E-state index < -0.39 is 0 Å². The monoisotopic (exact) mass is 431 g/mol. The van der Waals surface area contributed by atoms with E-state index in [1.54, 1.807) is 31.1 Å². The van der Waals surface area contributed by atoms with Gasteiger partial charge in [0.1, 0.15) is 0 Å². The van der Waals surface area contributed by atoms with Gasteiger partial charge in [0.05, 0.1) is 28.9 Å². The molecule has 4 rings (SSSR count). The zero-order valence-corrected chi connectivity index (χ0v) is 18.0. The van der Waals surface area contributed by atoms with E-state index in [9.17, 15) is 9.90 Å². The van der Waals surface area contributed by atoms with Crippen LogP contribution in [0, 0.1) is 0 Å². The van der Waals surface area contributed by atoms with Crippen LogP contribution in [0.2, 0.25) is 5.02 Å². The van der Waals surface area contributed by atoms with Crippen molar-refractivity contribution in [2.45, 2.75) is 6.42 Å². The minimum Gasteiger partial charge on any atom is -0.494 e. The van der Waals surface area contributed by atoms with Crippen LogP contribution in [0.15, 0.2) is 77.8 Å². The molecule has 0 aliphatic rings. The summed E-state index contributed by atoms with van der Waals surface area (Å²) in [5.74, 6) is 0.0803. The summed E-state index contributed by atoms with van der Waals surface area (Å²) in [4.78, 5) is 21.4. The van der Waals surface area contributed by atoms with Gasteiger partial charge in [-0.2, -0.15) is 0 Å². The largest absolute Gasteiger partial charge is 0.494 e. The Bertz CT molecular complexity index is 1260. The number of carbonyl (C=O) groups excluding carboxylic acids is 1. The second-order valence-corrected chi connectivity index (χ2v) is 7.93. The average Bonchev–Trinajstić information content (AvgIpc) is 3.08. The minimum atomic E-state index is 0.0352. The predicted molar refractivity (Wildman–Crippen MR) is 126 cm³/mol. The van der Waals surface area contributed by atoms with Gasteiger partial charge in [-0.05, 0) is 29.8 Å². The Balaban J connectivity index is 1.80. The highest BCUT2D eigenvalue weighted by Crippen LogP contribution is 2.32. The Morgan fingerprint density at radius 1 is 1.03 bits per heavy atom. The van der Waals surface area contributed by atoms with Gasteiger partial charge in [-0.3, -0.25) is 4.79 Å². The first-order valence-corrected chi connectivity index (χ1v) is 10.2. The maximum absolute atomic E-state index is 12.0. The van der Waals surface area contributed by atoms with E-state index in [-0.39, 0.29) is 11.8 Å². The number of nitrogens with one attached hydrogen (secondary N) is 1. The van der Waals surface area contributed by atoms with Crippen LogP contribution in [0.3, 0.4) is 0 Å². The maximum Gasteiger partial charge on any atom is 0.226 e. The Morgan fingerprint density at radius 2 is 1.74 bits per heavy atom. The first-order chi connectivity index (χ1) is 14.9. The molecule has 1 amide bonds. The average molecular weight is 432 g/mol. The van der Waals surface area contributed by atoms with Gasteiger partial charge in [0, 0.05) is 30.1 Å². The van der Waals surface area contributed by atoms with Crippen molar-refractivity contribution < 1.29 is 9.90 Å². The van der Waals surface area contributed by atoms with E-state index in [1.807, 2.05) is 60.7 Å². The van der Waals surface area contributed by atoms with Crippen LogP contribution in [0.1, 0.15) is 16.7 Å².